The molecule has 7 nitrogen and oxygen atoms in total. The van der Waals surface area contributed by atoms with Crippen LogP contribution in [0.3, 0.4) is 0 Å². The monoisotopic (exact) mass is 382 g/mol. The van der Waals surface area contributed by atoms with Gasteiger partial charge in [0.1, 0.15) is 0 Å². The van der Waals surface area contributed by atoms with E-state index in [9.17, 15) is 0 Å². The number of nitrogens with zero attached hydrogens (tertiary/aromatic N) is 3. The number of hydrogen-bond acceptors (Lipinski definition) is 4. The molecule has 3 N–H and O–H groups in total. The van der Waals surface area contributed by atoms with Crippen LogP contribution in [0, 0.1) is 0 Å². The van der Waals surface area contributed by atoms with Crippen LogP contribution in [0.25, 0.3) is 10.9 Å². The quantitative estimate of drug-likeness (QED) is 0.300. The molecule has 0 bridgehead atoms. The third kappa shape index (κ3) is 5.34. The first kappa shape index (κ1) is 19.9. The summed E-state index contributed by atoms with van der Waals surface area (Å²) in [5.74, 6) is 2.59. The van der Waals surface area contributed by atoms with E-state index in [0.717, 1.165) is 44.1 Å². The summed E-state index contributed by atoms with van der Waals surface area (Å²) >= 11 is 0. The second-order valence-corrected chi connectivity index (χ2v) is 7.10. The smallest absolute Gasteiger partial charge is 0.226 e. The third-order valence-corrected chi connectivity index (χ3v) is 4.52. The molecule has 0 atom stereocenters. The van der Waals surface area contributed by atoms with Crippen LogP contribution in [-0.4, -0.2) is 40.7 Å². The number of aryl methyl sites for hydroxylation is 1. The molecule has 2 heterocycles. The maximum Gasteiger partial charge on any atom is 0.226 e. The van der Waals surface area contributed by atoms with Gasteiger partial charge in [0.15, 0.2) is 11.8 Å². The lowest BCUT2D eigenvalue weighted by Crippen LogP contribution is -2.38. The van der Waals surface area contributed by atoms with Crippen molar-refractivity contribution in [3.05, 3.63) is 47.7 Å². The first-order valence-electron chi connectivity index (χ1n) is 10.1. The molecule has 0 unspecified atom stereocenters. The molecule has 3 rings (SSSR count). The molecule has 2 aromatic heterocycles. The molecule has 1 aromatic carbocycles. The Morgan fingerprint density at radius 2 is 2.07 bits per heavy atom. The molecule has 0 aliphatic heterocycles. The largest absolute Gasteiger partial charge is 0.361 e. The van der Waals surface area contributed by atoms with Crippen molar-refractivity contribution < 1.29 is 4.52 Å². The van der Waals surface area contributed by atoms with E-state index < -0.39 is 0 Å². The highest BCUT2D eigenvalue weighted by atomic mass is 16.5. The first-order valence-corrected chi connectivity index (χ1v) is 10.1. The molecule has 0 aliphatic rings. The number of rotatable bonds is 9. The second-order valence-electron chi connectivity index (χ2n) is 7.10. The van der Waals surface area contributed by atoms with E-state index in [1.165, 1.54) is 16.5 Å². The van der Waals surface area contributed by atoms with Crippen molar-refractivity contribution in [2.75, 3.05) is 19.6 Å². The van der Waals surface area contributed by atoms with Crippen molar-refractivity contribution in [3.63, 3.8) is 0 Å². The van der Waals surface area contributed by atoms with Gasteiger partial charge in [-0.25, -0.2) is 0 Å². The number of hydrogen-bond donors (Lipinski definition) is 3. The Kier molecular flexibility index (Phi) is 7.06. The molecule has 0 radical (unpaired) electrons. The van der Waals surface area contributed by atoms with Gasteiger partial charge in [0.2, 0.25) is 5.89 Å². The van der Waals surface area contributed by atoms with Gasteiger partial charge in [0.05, 0.1) is 0 Å². The van der Waals surface area contributed by atoms with Crippen LogP contribution in [0.15, 0.2) is 40.0 Å². The molecule has 150 valence electrons. The van der Waals surface area contributed by atoms with E-state index in [4.69, 9.17) is 4.52 Å². The number of benzene rings is 1. The molecule has 7 heteroatoms. The van der Waals surface area contributed by atoms with Crippen molar-refractivity contribution in [1.29, 1.82) is 0 Å². The van der Waals surface area contributed by atoms with Crippen molar-refractivity contribution >= 4 is 16.9 Å². The van der Waals surface area contributed by atoms with E-state index in [1.807, 2.05) is 0 Å². The van der Waals surface area contributed by atoms with Gasteiger partial charge in [0, 0.05) is 49.1 Å². The maximum atomic E-state index is 5.28. The van der Waals surface area contributed by atoms with Gasteiger partial charge in [-0.15, -0.1) is 0 Å². The highest BCUT2D eigenvalue weighted by molar-refractivity contribution is 5.83. The van der Waals surface area contributed by atoms with Gasteiger partial charge in [-0.1, -0.05) is 37.2 Å². The number of H-pyrrole nitrogens is 1. The molecule has 3 aromatic rings. The summed E-state index contributed by atoms with van der Waals surface area (Å²) in [5.41, 5.74) is 2.50. The normalized spacial score (nSPS) is 12.1. The van der Waals surface area contributed by atoms with Crippen LogP contribution in [0.5, 0.6) is 0 Å². The minimum absolute atomic E-state index is 0.289. The van der Waals surface area contributed by atoms with E-state index in [-0.39, 0.29) is 5.92 Å². The van der Waals surface area contributed by atoms with E-state index >= 15 is 0 Å². The molecule has 0 saturated heterocycles. The van der Waals surface area contributed by atoms with Gasteiger partial charge in [-0.3, -0.25) is 4.99 Å². The number of aromatic nitrogens is 3. The molecular weight excluding hydrogens is 352 g/mol. The van der Waals surface area contributed by atoms with Crippen molar-refractivity contribution in [2.45, 2.75) is 46.0 Å². The lowest BCUT2D eigenvalue weighted by atomic mass is 10.1. The Hall–Kier alpha value is -2.83. The molecule has 0 saturated carbocycles. The van der Waals surface area contributed by atoms with E-state index in [2.05, 4.69) is 82.0 Å². The summed E-state index contributed by atoms with van der Waals surface area (Å²) in [6.07, 6.45) is 4.65. The Labute approximate surface area is 166 Å². The fourth-order valence-corrected chi connectivity index (χ4v) is 3.02. The van der Waals surface area contributed by atoms with Crippen molar-refractivity contribution in [1.82, 2.24) is 25.8 Å². The van der Waals surface area contributed by atoms with Gasteiger partial charge < -0.3 is 20.1 Å². The van der Waals surface area contributed by atoms with Gasteiger partial charge in [-0.2, -0.15) is 4.98 Å². The highest BCUT2D eigenvalue weighted by Gasteiger charge is 2.09. The average molecular weight is 383 g/mol. The minimum atomic E-state index is 0.289. The second kappa shape index (κ2) is 9.92. The molecule has 28 heavy (non-hydrogen) atoms. The van der Waals surface area contributed by atoms with E-state index in [1.54, 1.807) is 0 Å². The Balaban J connectivity index is 1.45. The zero-order chi connectivity index (χ0) is 19.8. The Morgan fingerprint density at radius 3 is 2.86 bits per heavy atom. The molecule has 0 fully saturated rings. The first-order chi connectivity index (χ1) is 13.7. The van der Waals surface area contributed by atoms with Crippen LogP contribution >= 0.6 is 0 Å². The molecule has 0 aliphatic carbocycles. The van der Waals surface area contributed by atoms with Gasteiger partial charge >= 0.3 is 0 Å². The summed E-state index contributed by atoms with van der Waals surface area (Å²) < 4.78 is 5.28. The lowest BCUT2D eigenvalue weighted by Gasteiger charge is -2.11. The van der Waals surface area contributed by atoms with Crippen LogP contribution in [0.1, 0.15) is 50.4 Å². The van der Waals surface area contributed by atoms with Crippen molar-refractivity contribution in [3.8, 4) is 0 Å². The number of guanidine groups is 1. The highest BCUT2D eigenvalue weighted by Crippen LogP contribution is 2.17. The summed E-state index contributed by atoms with van der Waals surface area (Å²) in [6, 6.07) is 8.38. The standard InChI is InChI=1S/C21H30N6O/c1-4-22-21(23-12-7-10-19-26-20(15(2)3)27-28-19)24-13-11-16-14-25-18-9-6-5-8-17(16)18/h5-6,8-9,14-15,25H,4,7,10-13H2,1-3H3,(H2,22,23,24). The minimum Gasteiger partial charge on any atom is -0.361 e. The predicted octanol–water partition coefficient (Wildman–Crippen LogP) is 3.40. The van der Waals surface area contributed by atoms with Gasteiger partial charge in [0.25, 0.3) is 0 Å². The van der Waals surface area contributed by atoms with Gasteiger partial charge in [-0.05, 0) is 31.4 Å². The molecule has 0 amide bonds. The zero-order valence-electron chi connectivity index (χ0n) is 17.0. The predicted molar refractivity (Wildman–Crippen MR) is 113 cm³/mol. The third-order valence-electron chi connectivity index (χ3n) is 4.52. The van der Waals surface area contributed by atoms with Crippen LogP contribution < -0.4 is 10.6 Å². The number of fused-ring (bicyclic) bond motifs is 1. The number of aromatic amines is 1. The summed E-state index contributed by atoms with van der Waals surface area (Å²) in [5, 5.41) is 12.0. The zero-order valence-corrected chi connectivity index (χ0v) is 17.0. The number of aliphatic imine (C=N–C) groups is 1. The van der Waals surface area contributed by atoms with Crippen LogP contribution in [-0.2, 0) is 12.8 Å². The lowest BCUT2D eigenvalue weighted by molar-refractivity contribution is 0.369. The summed E-state index contributed by atoms with van der Waals surface area (Å²) in [7, 11) is 0. The molecular formula is C21H30N6O. The van der Waals surface area contributed by atoms with Crippen LogP contribution in [0.2, 0.25) is 0 Å². The SMILES string of the molecule is CCNC(=NCCCc1nc(C(C)C)no1)NCCc1c[nH]c2ccccc12. The number of nitrogens with one attached hydrogen (secondary N) is 3. The average Bonchev–Trinajstić information content (AvgIpc) is 3.33. The number of para-hydroxylation sites is 1. The Bertz CT molecular complexity index is 895. The topological polar surface area (TPSA) is 91.1 Å². The van der Waals surface area contributed by atoms with Crippen molar-refractivity contribution in [2.24, 2.45) is 4.99 Å². The van der Waals surface area contributed by atoms with Crippen LogP contribution in [0.4, 0.5) is 0 Å². The maximum absolute atomic E-state index is 5.28. The van der Waals surface area contributed by atoms with E-state index in [0.29, 0.717) is 12.4 Å². The summed E-state index contributed by atoms with van der Waals surface area (Å²) in [4.78, 5) is 12.4. The fraction of sp³-hybridized carbons (Fsp3) is 0.476. The fourth-order valence-electron chi connectivity index (χ4n) is 3.02. The Morgan fingerprint density at radius 1 is 1.21 bits per heavy atom. The molecule has 0 spiro atoms. The summed E-state index contributed by atoms with van der Waals surface area (Å²) in [6.45, 7) is 8.56.